The molecule has 0 amide bonds. The minimum Gasteiger partial charge on any atom is -0.306 e. The van der Waals surface area contributed by atoms with Crippen molar-refractivity contribution >= 4 is 17.4 Å². The van der Waals surface area contributed by atoms with Crippen LogP contribution >= 0.6 is 11.8 Å². The van der Waals surface area contributed by atoms with Crippen molar-refractivity contribution in [3.8, 4) is 0 Å². The van der Waals surface area contributed by atoms with E-state index < -0.39 is 34.1 Å². The van der Waals surface area contributed by atoms with Crippen molar-refractivity contribution in [1.82, 2.24) is 5.32 Å². The predicted molar refractivity (Wildman–Crippen MR) is 89.4 cm³/mol. The third-order valence-electron chi connectivity index (χ3n) is 4.12. The van der Waals surface area contributed by atoms with Gasteiger partial charge in [0.25, 0.3) is 0 Å². The standard InChI is InChI=1S/C17H15F3N2O2S/c1-2-25-17-14(20)12(8-13(19)16(17)22(23)24)15-11-4-3-10(18)7-9(11)5-6-21-15/h3-4,7-8,15,21H,2,5-6H2,1H3. The summed E-state index contributed by atoms with van der Waals surface area (Å²) in [4.78, 5) is 9.91. The molecule has 1 atom stereocenters. The number of rotatable bonds is 4. The lowest BCUT2D eigenvalue weighted by Gasteiger charge is -2.28. The molecule has 2 aromatic rings. The lowest BCUT2D eigenvalue weighted by atomic mass is 9.89. The SMILES string of the molecule is CCSc1c(F)c(C2NCCc3cc(F)ccc32)cc(F)c1[N+](=O)[O-]. The van der Waals surface area contributed by atoms with Crippen LogP contribution in [0.15, 0.2) is 29.2 Å². The second-order valence-electron chi connectivity index (χ2n) is 5.61. The highest BCUT2D eigenvalue weighted by Gasteiger charge is 2.32. The number of nitrogens with one attached hydrogen (secondary N) is 1. The summed E-state index contributed by atoms with van der Waals surface area (Å²) in [7, 11) is 0. The number of nitrogens with zero attached hydrogens (tertiary/aromatic N) is 1. The summed E-state index contributed by atoms with van der Waals surface area (Å²) in [5.41, 5.74) is 0.508. The van der Waals surface area contributed by atoms with Gasteiger partial charge < -0.3 is 5.32 Å². The monoisotopic (exact) mass is 368 g/mol. The van der Waals surface area contributed by atoms with Crippen LogP contribution in [0.1, 0.15) is 29.7 Å². The Morgan fingerprint density at radius 2 is 2.04 bits per heavy atom. The molecule has 132 valence electrons. The van der Waals surface area contributed by atoms with Crippen LogP contribution in [0.4, 0.5) is 18.9 Å². The summed E-state index contributed by atoms with van der Waals surface area (Å²) < 4.78 is 42.8. The van der Waals surface area contributed by atoms with E-state index in [-0.39, 0.29) is 10.5 Å². The summed E-state index contributed by atoms with van der Waals surface area (Å²) in [6, 6.07) is 4.36. The Kier molecular flexibility index (Phi) is 5.01. The second-order valence-corrected chi connectivity index (χ2v) is 6.88. The van der Waals surface area contributed by atoms with Crippen molar-refractivity contribution in [2.45, 2.75) is 24.3 Å². The van der Waals surface area contributed by atoms with Crippen molar-refractivity contribution in [2.24, 2.45) is 0 Å². The molecule has 0 fully saturated rings. The maximum Gasteiger partial charge on any atom is 0.321 e. The summed E-state index contributed by atoms with van der Waals surface area (Å²) in [5, 5.41) is 14.2. The van der Waals surface area contributed by atoms with Crippen LogP contribution in [0.5, 0.6) is 0 Å². The number of nitro benzene ring substituents is 1. The van der Waals surface area contributed by atoms with Gasteiger partial charge in [-0.2, -0.15) is 4.39 Å². The number of nitro groups is 1. The van der Waals surface area contributed by atoms with E-state index >= 15 is 4.39 Å². The Hall–Kier alpha value is -2.06. The Morgan fingerprint density at radius 3 is 2.72 bits per heavy atom. The lowest BCUT2D eigenvalue weighted by molar-refractivity contribution is -0.390. The highest BCUT2D eigenvalue weighted by molar-refractivity contribution is 7.99. The number of fused-ring (bicyclic) bond motifs is 1. The Balaban J connectivity index is 2.18. The van der Waals surface area contributed by atoms with Crippen molar-refractivity contribution in [3.63, 3.8) is 0 Å². The van der Waals surface area contributed by atoms with E-state index in [0.29, 0.717) is 29.8 Å². The van der Waals surface area contributed by atoms with E-state index in [1.165, 1.54) is 18.2 Å². The third-order valence-corrected chi connectivity index (χ3v) is 5.07. The summed E-state index contributed by atoms with van der Waals surface area (Å²) in [6.07, 6.45) is 0.567. The van der Waals surface area contributed by atoms with Crippen LogP contribution in [0.3, 0.4) is 0 Å². The molecule has 4 nitrogen and oxygen atoms in total. The van der Waals surface area contributed by atoms with Crippen LogP contribution in [0, 0.1) is 27.6 Å². The van der Waals surface area contributed by atoms with E-state index in [2.05, 4.69) is 5.32 Å². The Labute approximate surface area is 146 Å². The fourth-order valence-electron chi connectivity index (χ4n) is 3.08. The molecular formula is C17H15F3N2O2S. The van der Waals surface area contributed by atoms with E-state index in [1.807, 2.05) is 0 Å². The second kappa shape index (κ2) is 7.05. The van der Waals surface area contributed by atoms with Crippen molar-refractivity contribution in [1.29, 1.82) is 0 Å². The fraction of sp³-hybridized carbons (Fsp3) is 0.294. The molecule has 8 heteroatoms. The molecule has 0 saturated heterocycles. The Morgan fingerprint density at radius 1 is 1.28 bits per heavy atom. The summed E-state index contributed by atoms with van der Waals surface area (Å²) in [5.74, 6) is -1.92. The Bertz CT molecular complexity index is 845. The van der Waals surface area contributed by atoms with Gasteiger partial charge in [-0.05, 0) is 41.5 Å². The first kappa shape index (κ1) is 17.8. The lowest BCUT2D eigenvalue weighted by Crippen LogP contribution is -2.31. The smallest absolute Gasteiger partial charge is 0.306 e. The molecule has 0 spiro atoms. The van der Waals surface area contributed by atoms with Gasteiger partial charge in [0.2, 0.25) is 5.82 Å². The van der Waals surface area contributed by atoms with E-state index in [1.54, 1.807) is 6.92 Å². The highest BCUT2D eigenvalue weighted by Crippen LogP contribution is 2.40. The van der Waals surface area contributed by atoms with Gasteiger partial charge >= 0.3 is 5.69 Å². The first-order valence-electron chi connectivity index (χ1n) is 7.74. The molecule has 3 rings (SSSR count). The molecule has 0 saturated carbocycles. The summed E-state index contributed by atoms with van der Waals surface area (Å²) >= 11 is 0.888. The van der Waals surface area contributed by atoms with E-state index in [9.17, 15) is 18.9 Å². The molecule has 1 aliphatic rings. The van der Waals surface area contributed by atoms with Crippen LogP contribution in [0.2, 0.25) is 0 Å². The molecule has 2 aromatic carbocycles. The topological polar surface area (TPSA) is 55.2 Å². The zero-order valence-electron chi connectivity index (χ0n) is 13.3. The van der Waals surface area contributed by atoms with Gasteiger partial charge in [-0.1, -0.05) is 13.0 Å². The molecule has 1 heterocycles. The highest BCUT2D eigenvalue weighted by atomic mass is 32.2. The van der Waals surface area contributed by atoms with Gasteiger partial charge in [-0.25, -0.2) is 8.78 Å². The molecule has 0 aromatic heterocycles. The molecular weight excluding hydrogens is 353 g/mol. The van der Waals surface area contributed by atoms with Gasteiger partial charge in [0.1, 0.15) is 16.5 Å². The predicted octanol–water partition coefficient (Wildman–Crippen LogP) is 4.36. The van der Waals surface area contributed by atoms with Gasteiger partial charge in [0, 0.05) is 12.1 Å². The third kappa shape index (κ3) is 3.23. The number of hydrogen-bond donors (Lipinski definition) is 1. The van der Waals surface area contributed by atoms with Gasteiger partial charge in [0.15, 0.2) is 0 Å². The normalized spacial score (nSPS) is 16.6. The van der Waals surface area contributed by atoms with E-state index in [4.69, 9.17) is 0 Å². The molecule has 0 bridgehead atoms. The molecule has 0 aliphatic carbocycles. The van der Waals surface area contributed by atoms with Crippen molar-refractivity contribution in [3.05, 3.63) is 68.5 Å². The van der Waals surface area contributed by atoms with Crippen LogP contribution in [0.25, 0.3) is 0 Å². The maximum atomic E-state index is 15.0. The van der Waals surface area contributed by atoms with Crippen molar-refractivity contribution in [2.75, 3.05) is 12.3 Å². The first-order chi connectivity index (χ1) is 11.9. The number of thioether (sulfide) groups is 1. The van der Waals surface area contributed by atoms with Crippen LogP contribution < -0.4 is 5.32 Å². The molecule has 1 N–H and O–H groups in total. The molecule has 1 aliphatic heterocycles. The minimum atomic E-state index is -1.08. The minimum absolute atomic E-state index is 0.00777. The average molecular weight is 368 g/mol. The van der Waals surface area contributed by atoms with Gasteiger partial charge in [-0.15, -0.1) is 11.8 Å². The summed E-state index contributed by atoms with van der Waals surface area (Å²) in [6.45, 7) is 2.17. The zero-order chi connectivity index (χ0) is 18.1. The first-order valence-corrected chi connectivity index (χ1v) is 8.73. The van der Waals surface area contributed by atoms with Gasteiger partial charge in [0.05, 0.1) is 11.0 Å². The molecule has 0 radical (unpaired) electrons. The largest absolute Gasteiger partial charge is 0.321 e. The average Bonchev–Trinajstić information content (AvgIpc) is 2.57. The fourth-order valence-corrected chi connectivity index (χ4v) is 3.92. The molecule has 1 unspecified atom stereocenters. The van der Waals surface area contributed by atoms with Gasteiger partial charge in [-0.3, -0.25) is 10.1 Å². The van der Waals surface area contributed by atoms with Crippen LogP contribution in [-0.2, 0) is 6.42 Å². The number of hydrogen-bond acceptors (Lipinski definition) is 4. The van der Waals surface area contributed by atoms with E-state index in [0.717, 1.165) is 17.8 Å². The zero-order valence-corrected chi connectivity index (χ0v) is 14.1. The number of halogens is 3. The quantitative estimate of drug-likeness (QED) is 0.495. The maximum absolute atomic E-state index is 15.0. The van der Waals surface area contributed by atoms with Crippen molar-refractivity contribution < 1.29 is 18.1 Å². The molecule has 25 heavy (non-hydrogen) atoms. The van der Waals surface area contributed by atoms with Crippen LogP contribution in [-0.4, -0.2) is 17.2 Å². The number of benzene rings is 2.